The molecule has 0 saturated carbocycles. The Morgan fingerprint density at radius 1 is 0.722 bits per heavy atom. The molecule has 1 heterocycles. The van der Waals surface area contributed by atoms with Gasteiger partial charge in [0, 0.05) is 11.3 Å². The second-order valence-electron chi connectivity index (χ2n) is 7.79. The molecule has 0 bridgehead atoms. The maximum atomic E-state index is 12.9. The first kappa shape index (κ1) is 22.9. The van der Waals surface area contributed by atoms with Crippen molar-refractivity contribution in [2.75, 3.05) is 10.3 Å². The summed E-state index contributed by atoms with van der Waals surface area (Å²) in [5, 5.41) is 13.5. The van der Waals surface area contributed by atoms with E-state index in [0.717, 1.165) is 16.9 Å². The van der Waals surface area contributed by atoms with Gasteiger partial charge in [0.25, 0.3) is 11.9 Å². The fourth-order valence-corrected chi connectivity index (χ4v) is 3.82. The van der Waals surface area contributed by atoms with Crippen molar-refractivity contribution < 1.29 is 4.79 Å². The summed E-state index contributed by atoms with van der Waals surface area (Å²) in [6.45, 7) is 0. The molecule has 1 amide bonds. The molecule has 0 radical (unpaired) electrons. The SMILES string of the molecule is O=C(Nc1ccccc1)C(=S)NN(c1ccccc1)c1nnc(-c2ccccc2)n1-c1ccccc1. The minimum atomic E-state index is -0.439. The monoisotopic (exact) mass is 490 g/mol. The van der Waals surface area contributed by atoms with Crippen molar-refractivity contribution in [2.24, 2.45) is 0 Å². The first-order valence-corrected chi connectivity index (χ1v) is 11.7. The molecule has 5 rings (SSSR count). The maximum absolute atomic E-state index is 12.9. The van der Waals surface area contributed by atoms with Crippen LogP contribution in [0.3, 0.4) is 0 Å². The molecule has 4 aromatic carbocycles. The number of benzene rings is 4. The molecule has 0 aliphatic rings. The summed E-state index contributed by atoms with van der Waals surface area (Å²) >= 11 is 5.49. The second kappa shape index (κ2) is 10.6. The summed E-state index contributed by atoms with van der Waals surface area (Å²) in [4.78, 5) is 12.9. The van der Waals surface area contributed by atoms with E-state index in [1.165, 1.54) is 0 Å². The van der Waals surface area contributed by atoms with E-state index in [2.05, 4.69) is 20.9 Å². The molecule has 7 nitrogen and oxygen atoms in total. The summed E-state index contributed by atoms with van der Waals surface area (Å²) in [5.74, 6) is 0.659. The fourth-order valence-electron chi connectivity index (χ4n) is 3.68. The number of nitrogens with zero attached hydrogens (tertiary/aromatic N) is 4. The molecule has 176 valence electrons. The first-order chi connectivity index (χ1) is 17.7. The lowest BCUT2D eigenvalue weighted by Gasteiger charge is -2.26. The van der Waals surface area contributed by atoms with E-state index in [-0.39, 0.29) is 4.99 Å². The second-order valence-corrected chi connectivity index (χ2v) is 8.20. The van der Waals surface area contributed by atoms with Crippen LogP contribution in [0.2, 0.25) is 0 Å². The van der Waals surface area contributed by atoms with E-state index >= 15 is 0 Å². The highest BCUT2D eigenvalue weighted by Crippen LogP contribution is 2.30. The minimum Gasteiger partial charge on any atom is -0.320 e. The van der Waals surface area contributed by atoms with Crippen molar-refractivity contribution in [1.82, 2.24) is 20.2 Å². The summed E-state index contributed by atoms with van der Waals surface area (Å²) < 4.78 is 1.92. The van der Waals surface area contributed by atoms with Gasteiger partial charge in [-0.15, -0.1) is 10.2 Å². The van der Waals surface area contributed by atoms with Crippen molar-refractivity contribution in [1.29, 1.82) is 0 Å². The van der Waals surface area contributed by atoms with Gasteiger partial charge in [-0.25, -0.2) is 5.01 Å². The van der Waals surface area contributed by atoms with E-state index in [9.17, 15) is 4.79 Å². The predicted octanol–water partition coefficient (Wildman–Crippen LogP) is 5.54. The number of hydrogen-bond donors (Lipinski definition) is 2. The number of aromatic nitrogens is 3. The van der Waals surface area contributed by atoms with Crippen molar-refractivity contribution in [3.8, 4) is 17.1 Å². The molecule has 8 heteroatoms. The van der Waals surface area contributed by atoms with Gasteiger partial charge in [-0.3, -0.25) is 14.8 Å². The number of thiocarbonyl (C=S) groups is 1. The number of anilines is 3. The smallest absolute Gasteiger partial charge is 0.284 e. The van der Waals surface area contributed by atoms with Gasteiger partial charge < -0.3 is 5.32 Å². The van der Waals surface area contributed by atoms with Crippen LogP contribution in [0, 0.1) is 0 Å². The largest absolute Gasteiger partial charge is 0.320 e. The minimum absolute atomic E-state index is 0.0217. The molecular weight excluding hydrogens is 468 g/mol. The average Bonchev–Trinajstić information content (AvgIpc) is 3.38. The number of hydrogen-bond acceptors (Lipinski definition) is 5. The Bertz CT molecular complexity index is 1460. The Morgan fingerprint density at radius 3 is 1.92 bits per heavy atom. The third-order valence-electron chi connectivity index (χ3n) is 5.36. The van der Waals surface area contributed by atoms with Crippen molar-refractivity contribution >= 4 is 40.4 Å². The van der Waals surface area contributed by atoms with Crippen LogP contribution in [0.4, 0.5) is 17.3 Å². The Labute approximate surface area is 214 Å². The van der Waals surface area contributed by atoms with E-state index in [1.807, 2.05) is 114 Å². The molecule has 5 aromatic rings. The van der Waals surface area contributed by atoms with Crippen LogP contribution in [-0.4, -0.2) is 25.7 Å². The summed E-state index contributed by atoms with van der Waals surface area (Å²) in [7, 11) is 0. The number of para-hydroxylation sites is 3. The van der Waals surface area contributed by atoms with Crippen LogP contribution in [0.5, 0.6) is 0 Å². The topological polar surface area (TPSA) is 75.1 Å². The quantitative estimate of drug-likeness (QED) is 0.240. The Balaban J connectivity index is 1.57. The Hall–Kier alpha value is -4.82. The molecule has 1 aromatic heterocycles. The highest BCUT2D eigenvalue weighted by Gasteiger charge is 2.24. The van der Waals surface area contributed by atoms with E-state index in [4.69, 9.17) is 12.2 Å². The fraction of sp³-hybridized carbons (Fsp3) is 0. The molecule has 0 unspecified atom stereocenters. The average molecular weight is 491 g/mol. The van der Waals surface area contributed by atoms with E-state index < -0.39 is 5.91 Å². The molecule has 0 saturated heterocycles. The highest BCUT2D eigenvalue weighted by molar-refractivity contribution is 7.82. The first-order valence-electron chi connectivity index (χ1n) is 11.3. The Morgan fingerprint density at radius 2 is 1.28 bits per heavy atom. The predicted molar refractivity (Wildman–Crippen MR) is 146 cm³/mol. The molecule has 0 aliphatic heterocycles. The van der Waals surface area contributed by atoms with Gasteiger partial charge in [0.05, 0.1) is 11.4 Å². The van der Waals surface area contributed by atoms with Crippen molar-refractivity contribution in [3.63, 3.8) is 0 Å². The van der Waals surface area contributed by atoms with Gasteiger partial charge >= 0.3 is 0 Å². The molecule has 0 spiro atoms. The lowest BCUT2D eigenvalue weighted by Crippen LogP contribution is -2.44. The molecule has 0 atom stereocenters. The van der Waals surface area contributed by atoms with Crippen LogP contribution in [-0.2, 0) is 4.79 Å². The highest BCUT2D eigenvalue weighted by atomic mass is 32.1. The third kappa shape index (κ3) is 4.98. The normalized spacial score (nSPS) is 10.4. The third-order valence-corrected chi connectivity index (χ3v) is 5.63. The van der Waals surface area contributed by atoms with Gasteiger partial charge in [0.1, 0.15) is 0 Å². The van der Waals surface area contributed by atoms with Gasteiger partial charge in [-0.05, 0) is 36.4 Å². The Kier molecular flexibility index (Phi) is 6.77. The zero-order valence-corrected chi connectivity index (χ0v) is 20.0. The number of hydrazine groups is 1. The van der Waals surface area contributed by atoms with Crippen molar-refractivity contribution in [2.45, 2.75) is 0 Å². The zero-order chi connectivity index (χ0) is 24.7. The van der Waals surface area contributed by atoms with Crippen LogP contribution in [0.15, 0.2) is 121 Å². The lowest BCUT2D eigenvalue weighted by molar-refractivity contribution is -0.110. The molecule has 36 heavy (non-hydrogen) atoms. The molecule has 2 N–H and O–H groups in total. The molecule has 0 fully saturated rings. The van der Waals surface area contributed by atoms with Gasteiger partial charge in [0.2, 0.25) is 0 Å². The number of amides is 1. The number of nitrogens with one attached hydrogen (secondary N) is 2. The summed E-state index contributed by atoms with van der Waals surface area (Å²) in [6.07, 6.45) is 0. The lowest BCUT2D eigenvalue weighted by atomic mass is 10.2. The van der Waals surface area contributed by atoms with Gasteiger partial charge in [0.15, 0.2) is 10.8 Å². The summed E-state index contributed by atoms with van der Waals surface area (Å²) in [5.41, 5.74) is 6.22. The molecule has 0 aliphatic carbocycles. The zero-order valence-electron chi connectivity index (χ0n) is 19.2. The number of carbonyl (C=O) groups is 1. The number of rotatable bonds is 6. The van der Waals surface area contributed by atoms with Crippen LogP contribution in [0.25, 0.3) is 17.1 Å². The maximum Gasteiger partial charge on any atom is 0.284 e. The van der Waals surface area contributed by atoms with Crippen LogP contribution >= 0.6 is 12.2 Å². The van der Waals surface area contributed by atoms with Gasteiger partial charge in [-0.2, -0.15) is 0 Å². The standard InChI is InChI=1S/C28H22N6OS/c35-26(29-22-15-7-2-8-16-22)27(36)32-34(24-19-11-4-12-20-24)28-31-30-25(21-13-5-1-6-14-21)33(28)23-17-9-3-10-18-23/h1-20H,(H,29,35)(H,32,36). The van der Waals surface area contributed by atoms with E-state index in [0.29, 0.717) is 17.5 Å². The summed E-state index contributed by atoms with van der Waals surface area (Å²) in [6, 6.07) is 38.3. The van der Waals surface area contributed by atoms with Gasteiger partial charge in [-0.1, -0.05) is 97.1 Å². The van der Waals surface area contributed by atoms with E-state index in [1.54, 1.807) is 17.1 Å². The van der Waals surface area contributed by atoms with Crippen LogP contribution in [0.1, 0.15) is 0 Å². The number of carbonyl (C=O) groups excluding carboxylic acids is 1. The van der Waals surface area contributed by atoms with Crippen molar-refractivity contribution in [3.05, 3.63) is 121 Å². The van der Waals surface area contributed by atoms with Crippen LogP contribution < -0.4 is 15.8 Å². The molecular formula is C28H22N6OS.